The second kappa shape index (κ2) is 60.1. The Morgan fingerprint density at radius 2 is 0.707 bits per heavy atom. The quantitative estimate of drug-likeness (QED) is 0.0215. The topological polar surface area (TPSA) is 189 Å². The van der Waals surface area contributed by atoms with Crippen molar-refractivity contribution in [2.24, 2.45) is 0 Å². The molecule has 9 unspecified atom stereocenters. The van der Waals surface area contributed by atoms with Crippen molar-refractivity contribution < 1.29 is 50.0 Å². The fourth-order valence-corrected chi connectivity index (χ4v) is 12.0. The summed E-state index contributed by atoms with van der Waals surface area (Å²) < 4.78 is 11.2. The molecule has 0 spiro atoms. The lowest BCUT2D eigenvalue weighted by atomic mass is 9.98. The van der Waals surface area contributed by atoms with Gasteiger partial charge in [0.25, 0.3) is 0 Å². The van der Waals surface area contributed by atoms with Crippen LogP contribution in [-0.4, -0.2) is 110 Å². The number of hydrogen-bond donors (Lipinski definition) is 8. The Kier molecular flexibility index (Phi) is 57.8. The zero-order chi connectivity index (χ0) is 59.6. The summed E-state index contributed by atoms with van der Waals surface area (Å²) in [6.07, 6.45) is 63.0. The second-order valence-corrected chi connectivity index (χ2v) is 25.7. The van der Waals surface area contributed by atoms with Crippen LogP contribution in [-0.2, 0) is 14.3 Å². The van der Waals surface area contributed by atoms with E-state index in [-0.39, 0.29) is 6.42 Å². The Labute approximate surface area is 506 Å². The third kappa shape index (κ3) is 47.0. The van der Waals surface area contributed by atoms with Crippen LogP contribution in [0.3, 0.4) is 0 Å². The van der Waals surface area contributed by atoms with E-state index < -0.39 is 74.2 Å². The highest BCUT2D eigenvalue weighted by Crippen LogP contribution is 2.24. The first-order chi connectivity index (χ1) is 40.2. The molecule has 0 aromatic carbocycles. The van der Waals surface area contributed by atoms with Crippen molar-refractivity contribution in [3.05, 3.63) is 12.2 Å². The van der Waals surface area contributed by atoms with E-state index in [9.17, 15) is 40.5 Å². The third-order valence-corrected chi connectivity index (χ3v) is 17.8. The van der Waals surface area contributed by atoms with Gasteiger partial charge in [-0.25, -0.2) is 0 Å². The van der Waals surface area contributed by atoms with Gasteiger partial charge in [-0.2, -0.15) is 0 Å². The summed E-state index contributed by atoms with van der Waals surface area (Å²) in [6.45, 7) is 3.52. The molecule has 1 aliphatic heterocycles. The summed E-state index contributed by atoms with van der Waals surface area (Å²) in [5.74, 6) is -0.691. The molecule has 1 heterocycles. The summed E-state index contributed by atoms with van der Waals surface area (Å²) in [5.41, 5.74) is 0. The summed E-state index contributed by atoms with van der Waals surface area (Å²) in [7, 11) is 0. The maximum absolute atomic E-state index is 13.3. The van der Waals surface area contributed by atoms with Crippen LogP contribution >= 0.6 is 0 Å². The molecular formula is C71H139NO10. The van der Waals surface area contributed by atoms with Gasteiger partial charge in [-0.1, -0.05) is 341 Å². The first-order valence-electron chi connectivity index (χ1n) is 36.1. The van der Waals surface area contributed by atoms with Gasteiger partial charge >= 0.3 is 0 Å². The van der Waals surface area contributed by atoms with Crippen LogP contribution in [0.1, 0.15) is 367 Å². The Balaban J connectivity index is 2.18. The maximum Gasteiger partial charge on any atom is 0.249 e. The van der Waals surface area contributed by atoms with Gasteiger partial charge in [0.2, 0.25) is 5.91 Å². The van der Waals surface area contributed by atoms with Crippen molar-refractivity contribution in [3.8, 4) is 0 Å². The molecule has 1 aliphatic rings. The van der Waals surface area contributed by atoms with Crippen molar-refractivity contribution in [1.82, 2.24) is 5.32 Å². The minimum atomic E-state index is -1.66. The monoisotopic (exact) mass is 1170 g/mol. The highest BCUT2D eigenvalue weighted by Gasteiger charge is 2.44. The summed E-state index contributed by atoms with van der Waals surface area (Å²) in [4.78, 5) is 13.3. The van der Waals surface area contributed by atoms with Gasteiger partial charge in [0.15, 0.2) is 6.29 Å². The smallest absolute Gasteiger partial charge is 0.249 e. The molecule has 1 rings (SSSR count). The van der Waals surface area contributed by atoms with Gasteiger partial charge in [0.05, 0.1) is 25.4 Å². The molecule has 0 bridgehead atoms. The zero-order valence-corrected chi connectivity index (χ0v) is 54.0. The van der Waals surface area contributed by atoms with E-state index in [2.05, 4.69) is 31.3 Å². The van der Waals surface area contributed by atoms with Gasteiger partial charge in [-0.15, -0.1) is 0 Å². The number of aliphatic hydroxyl groups is 7. The van der Waals surface area contributed by atoms with E-state index in [1.807, 2.05) is 0 Å². The van der Waals surface area contributed by atoms with Crippen LogP contribution in [0.25, 0.3) is 0 Å². The number of nitrogens with one attached hydrogen (secondary N) is 1. The number of carbonyl (C=O) groups excluding carboxylic acids is 1. The minimum Gasteiger partial charge on any atom is -0.394 e. The molecule has 0 aromatic heterocycles. The molecule has 488 valence electrons. The predicted molar refractivity (Wildman–Crippen MR) is 344 cm³/mol. The van der Waals surface area contributed by atoms with Crippen molar-refractivity contribution in [2.45, 2.75) is 422 Å². The van der Waals surface area contributed by atoms with Crippen LogP contribution < -0.4 is 5.32 Å². The fraction of sp³-hybridized carbons (Fsp3) is 0.958. The highest BCUT2D eigenvalue weighted by atomic mass is 16.7. The molecule has 0 radical (unpaired) electrons. The molecule has 82 heavy (non-hydrogen) atoms. The van der Waals surface area contributed by atoms with Gasteiger partial charge in [-0.05, 0) is 38.5 Å². The largest absolute Gasteiger partial charge is 0.394 e. The Hall–Kier alpha value is -1.15. The summed E-state index contributed by atoms with van der Waals surface area (Å²) >= 11 is 0. The SMILES string of the molecule is CCCCCCCCCCCCCC/C=C\CCCCCCCCCCCC(O)C(=O)NC(COC1OC(CO)C(O)C(O)C1O)C(O)C(O)CCCCCCCCCCCCCCCCCCCCCCCCCCCCCCCC. The van der Waals surface area contributed by atoms with E-state index in [0.717, 1.165) is 38.5 Å². The molecule has 1 saturated heterocycles. The lowest BCUT2D eigenvalue weighted by Gasteiger charge is -2.40. The molecule has 1 fully saturated rings. The van der Waals surface area contributed by atoms with Gasteiger partial charge < -0.3 is 50.5 Å². The standard InChI is InChI=1S/C71H139NO10/c1-3-5-7-9-11-13-15-17-19-21-23-25-27-29-30-31-32-33-35-36-38-40-42-44-46-48-50-52-54-56-58-63(74)66(76)62(61-81-71-69(79)68(78)67(77)65(60-73)82-71)72-70(80)64(75)59-57-55-53-51-49-47-45-43-41-39-37-34-28-26-24-22-20-18-16-14-12-10-8-6-4-2/h34,37,62-69,71,73-79H,3-33,35-36,38-61H2,1-2H3,(H,72,80)/b37-34-. The number of carbonyl (C=O) groups is 1. The lowest BCUT2D eigenvalue weighted by molar-refractivity contribution is -0.303. The molecule has 0 saturated carbocycles. The van der Waals surface area contributed by atoms with Crippen LogP contribution in [0.4, 0.5) is 0 Å². The number of amides is 1. The first-order valence-corrected chi connectivity index (χ1v) is 36.1. The van der Waals surface area contributed by atoms with Crippen LogP contribution in [0.2, 0.25) is 0 Å². The molecule has 1 amide bonds. The van der Waals surface area contributed by atoms with E-state index in [1.165, 1.54) is 289 Å². The van der Waals surface area contributed by atoms with Crippen LogP contribution in [0, 0.1) is 0 Å². The number of aliphatic hydroxyl groups excluding tert-OH is 7. The summed E-state index contributed by atoms with van der Waals surface area (Å²) in [5, 5.41) is 76.6. The first kappa shape index (κ1) is 78.9. The van der Waals surface area contributed by atoms with Crippen molar-refractivity contribution >= 4 is 5.91 Å². The van der Waals surface area contributed by atoms with E-state index >= 15 is 0 Å². The van der Waals surface area contributed by atoms with Crippen molar-refractivity contribution in [3.63, 3.8) is 0 Å². The van der Waals surface area contributed by atoms with Crippen LogP contribution in [0.15, 0.2) is 12.2 Å². The maximum atomic E-state index is 13.3. The Morgan fingerprint density at radius 3 is 1.02 bits per heavy atom. The Morgan fingerprint density at radius 1 is 0.415 bits per heavy atom. The molecular weight excluding hydrogens is 1030 g/mol. The molecule has 0 aliphatic carbocycles. The van der Waals surface area contributed by atoms with Gasteiger partial charge in [0, 0.05) is 0 Å². The van der Waals surface area contributed by atoms with Gasteiger partial charge in [-0.3, -0.25) is 4.79 Å². The average Bonchev–Trinajstić information content (AvgIpc) is 3.53. The zero-order valence-electron chi connectivity index (χ0n) is 54.0. The second-order valence-electron chi connectivity index (χ2n) is 25.7. The number of hydrogen-bond acceptors (Lipinski definition) is 10. The fourth-order valence-electron chi connectivity index (χ4n) is 12.0. The number of unbranched alkanes of at least 4 members (excludes halogenated alkanes) is 50. The average molecular weight is 1170 g/mol. The molecule has 11 nitrogen and oxygen atoms in total. The number of ether oxygens (including phenoxy) is 2. The highest BCUT2D eigenvalue weighted by molar-refractivity contribution is 5.80. The molecule has 11 heteroatoms. The molecule has 8 N–H and O–H groups in total. The number of allylic oxidation sites excluding steroid dienone is 2. The third-order valence-electron chi connectivity index (χ3n) is 17.8. The predicted octanol–water partition coefficient (Wildman–Crippen LogP) is 17.4. The van der Waals surface area contributed by atoms with Crippen molar-refractivity contribution in [1.29, 1.82) is 0 Å². The normalized spacial score (nSPS) is 19.1. The summed E-state index contributed by atoms with van der Waals surface area (Å²) in [6, 6.07) is -1.17. The van der Waals surface area contributed by atoms with Gasteiger partial charge in [0.1, 0.15) is 36.6 Å². The Bertz CT molecular complexity index is 1340. The van der Waals surface area contributed by atoms with E-state index in [0.29, 0.717) is 19.3 Å². The van der Waals surface area contributed by atoms with E-state index in [4.69, 9.17) is 9.47 Å². The van der Waals surface area contributed by atoms with Crippen LogP contribution in [0.5, 0.6) is 0 Å². The van der Waals surface area contributed by atoms with E-state index in [1.54, 1.807) is 0 Å². The molecule has 0 aromatic rings. The van der Waals surface area contributed by atoms with Crippen molar-refractivity contribution in [2.75, 3.05) is 13.2 Å². The lowest BCUT2D eigenvalue weighted by Crippen LogP contribution is -2.60. The molecule has 9 atom stereocenters. The number of rotatable bonds is 64. The minimum absolute atomic E-state index is 0.261.